The topological polar surface area (TPSA) is 68.8 Å². The fourth-order valence-electron chi connectivity index (χ4n) is 3.88. The summed E-state index contributed by atoms with van der Waals surface area (Å²) in [5.74, 6) is 1.26. The summed E-state index contributed by atoms with van der Waals surface area (Å²) in [5.41, 5.74) is 1.26. The van der Waals surface area contributed by atoms with Crippen LogP contribution in [0.1, 0.15) is 51.1 Å². The van der Waals surface area contributed by atoms with E-state index in [1.165, 1.54) is 12.0 Å². The smallest absolute Gasteiger partial charge is 0.221 e. The van der Waals surface area contributed by atoms with E-state index in [1.807, 2.05) is 19.1 Å². The predicted octanol–water partition coefficient (Wildman–Crippen LogP) is 3.81. The lowest BCUT2D eigenvalue weighted by atomic mass is 9.85. The second-order valence-electron chi connectivity index (χ2n) is 7.89. The SMILES string of the molecule is CCC(C)NC(=O)CCNC(=NC)NCC1CCCN(C)C1c1cccc(Cl)c1.I. The average Bonchev–Trinajstić information content (AvgIpc) is 2.70. The van der Waals surface area contributed by atoms with E-state index >= 15 is 0 Å². The zero-order valence-corrected chi connectivity index (χ0v) is 21.7. The molecule has 6 nitrogen and oxygen atoms in total. The first-order valence-corrected chi connectivity index (χ1v) is 11.0. The number of piperidine rings is 1. The molecular formula is C22H37ClIN5O. The summed E-state index contributed by atoms with van der Waals surface area (Å²) in [6.45, 7) is 6.55. The van der Waals surface area contributed by atoms with Crippen molar-refractivity contribution in [3.63, 3.8) is 0 Å². The summed E-state index contributed by atoms with van der Waals surface area (Å²) in [5, 5.41) is 10.5. The van der Waals surface area contributed by atoms with Crippen LogP contribution in [0, 0.1) is 5.92 Å². The van der Waals surface area contributed by atoms with Gasteiger partial charge in [0.25, 0.3) is 0 Å². The molecule has 2 rings (SSSR count). The molecule has 0 aromatic heterocycles. The third-order valence-electron chi connectivity index (χ3n) is 5.62. The van der Waals surface area contributed by atoms with Gasteiger partial charge < -0.3 is 16.0 Å². The van der Waals surface area contributed by atoms with E-state index in [1.54, 1.807) is 7.05 Å². The molecule has 170 valence electrons. The minimum atomic E-state index is 0. The van der Waals surface area contributed by atoms with Crippen LogP contribution in [0.3, 0.4) is 0 Å². The number of nitrogens with one attached hydrogen (secondary N) is 3. The molecule has 0 aliphatic carbocycles. The molecule has 30 heavy (non-hydrogen) atoms. The Hall–Kier alpha value is -1.06. The van der Waals surface area contributed by atoms with E-state index in [0.717, 1.165) is 36.9 Å². The number of rotatable bonds is 8. The molecule has 0 bridgehead atoms. The number of likely N-dealkylation sites (tertiary alicyclic amines) is 1. The van der Waals surface area contributed by atoms with E-state index in [-0.39, 0.29) is 35.9 Å². The van der Waals surface area contributed by atoms with Crippen LogP contribution in [-0.4, -0.2) is 56.5 Å². The van der Waals surface area contributed by atoms with Crippen molar-refractivity contribution >= 4 is 47.4 Å². The highest BCUT2D eigenvalue weighted by Gasteiger charge is 2.30. The largest absolute Gasteiger partial charge is 0.356 e. The molecule has 1 aromatic rings. The molecule has 3 unspecified atom stereocenters. The minimum absolute atomic E-state index is 0. The second kappa shape index (κ2) is 14.1. The van der Waals surface area contributed by atoms with Gasteiger partial charge in [0, 0.05) is 43.7 Å². The third-order valence-corrected chi connectivity index (χ3v) is 5.85. The zero-order chi connectivity index (χ0) is 21.2. The van der Waals surface area contributed by atoms with Gasteiger partial charge in [0.2, 0.25) is 5.91 Å². The molecule has 8 heteroatoms. The average molecular weight is 550 g/mol. The second-order valence-corrected chi connectivity index (χ2v) is 8.33. The predicted molar refractivity (Wildman–Crippen MR) is 137 cm³/mol. The molecule has 1 fully saturated rings. The first-order valence-electron chi connectivity index (χ1n) is 10.6. The van der Waals surface area contributed by atoms with Crippen LogP contribution < -0.4 is 16.0 Å². The Balaban J connectivity index is 0.00000450. The number of amides is 1. The highest BCUT2D eigenvalue weighted by molar-refractivity contribution is 14.0. The molecule has 3 N–H and O–H groups in total. The van der Waals surface area contributed by atoms with E-state index in [2.05, 4.69) is 51.9 Å². The number of benzene rings is 1. The van der Waals surface area contributed by atoms with Crippen LogP contribution in [0.4, 0.5) is 0 Å². The van der Waals surface area contributed by atoms with Crippen molar-refractivity contribution in [1.82, 2.24) is 20.9 Å². The van der Waals surface area contributed by atoms with E-state index in [0.29, 0.717) is 24.9 Å². The van der Waals surface area contributed by atoms with Crippen LogP contribution in [-0.2, 0) is 4.79 Å². The van der Waals surface area contributed by atoms with Crippen LogP contribution >= 0.6 is 35.6 Å². The Morgan fingerprint density at radius 3 is 2.80 bits per heavy atom. The maximum absolute atomic E-state index is 11.9. The molecule has 1 saturated heterocycles. The van der Waals surface area contributed by atoms with Crippen molar-refractivity contribution in [3.8, 4) is 0 Å². The summed E-state index contributed by atoms with van der Waals surface area (Å²) < 4.78 is 0. The number of hydrogen-bond acceptors (Lipinski definition) is 3. The van der Waals surface area contributed by atoms with Gasteiger partial charge in [0.1, 0.15) is 0 Å². The first kappa shape index (κ1) is 27.0. The summed E-state index contributed by atoms with van der Waals surface area (Å²) in [6.07, 6.45) is 3.71. The number of guanidine groups is 1. The van der Waals surface area contributed by atoms with Crippen LogP contribution in [0.5, 0.6) is 0 Å². The van der Waals surface area contributed by atoms with Gasteiger partial charge in [-0.25, -0.2) is 0 Å². The maximum atomic E-state index is 11.9. The van der Waals surface area contributed by atoms with E-state index < -0.39 is 0 Å². The van der Waals surface area contributed by atoms with E-state index in [4.69, 9.17) is 11.6 Å². The third kappa shape index (κ3) is 8.59. The molecule has 3 atom stereocenters. The summed E-state index contributed by atoms with van der Waals surface area (Å²) in [7, 11) is 3.94. The monoisotopic (exact) mass is 549 g/mol. The van der Waals surface area contributed by atoms with Gasteiger partial charge in [-0.05, 0) is 63.4 Å². The van der Waals surface area contributed by atoms with Crippen molar-refractivity contribution in [3.05, 3.63) is 34.9 Å². The van der Waals surface area contributed by atoms with E-state index in [9.17, 15) is 4.79 Å². The molecular weight excluding hydrogens is 513 g/mol. The number of halogens is 2. The summed E-state index contributed by atoms with van der Waals surface area (Å²) in [6, 6.07) is 8.72. The molecule has 1 aliphatic rings. The fourth-order valence-corrected chi connectivity index (χ4v) is 4.08. The zero-order valence-electron chi connectivity index (χ0n) is 18.6. The lowest BCUT2D eigenvalue weighted by Crippen LogP contribution is -2.45. The van der Waals surface area contributed by atoms with Gasteiger partial charge in [0.15, 0.2) is 5.96 Å². The number of carbonyl (C=O) groups is 1. The van der Waals surface area contributed by atoms with Crippen molar-refractivity contribution < 1.29 is 4.79 Å². The molecule has 0 spiro atoms. The molecule has 0 saturated carbocycles. The van der Waals surface area contributed by atoms with Gasteiger partial charge >= 0.3 is 0 Å². The Kier molecular flexibility index (Phi) is 12.7. The van der Waals surface area contributed by atoms with Gasteiger partial charge in [-0.1, -0.05) is 30.7 Å². The van der Waals surface area contributed by atoms with Gasteiger partial charge in [-0.3, -0.25) is 14.7 Å². The molecule has 0 radical (unpaired) electrons. The first-order chi connectivity index (χ1) is 13.9. The summed E-state index contributed by atoms with van der Waals surface area (Å²) >= 11 is 6.24. The van der Waals surface area contributed by atoms with Crippen LogP contribution in [0.25, 0.3) is 0 Å². The lowest BCUT2D eigenvalue weighted by molar-refractivity contribution is -0.121. The number of aliphatic imine (C=N–C) groups is 1. The van der Waals surface area contributed by atoms with Crippen molar-refractivity contribution in [1.29, 1.82) is 0 Å². The Bertz CT molecular complexity index is 687. The molecule has 1 amide bonds. The minimum Gasteiger partial charge on any atom is -0.356 e. The van der Waals surface area contributed by atoms with Crippen LogP contribution in [0.15, 0.2) is 29.3 Å². The van der Waals surface area contributed by atoms with Crippen molar-refractivity contribution in [2.24, 2.45) is 10.9 Å². The van der Waals surface area contributed by atoms with Crippen LogP contribution in [0.2, 0.25) is 5.02 Å². The van der Waals surface area contributed by atoms with Crippen molar-refractivity contribution in [2.45, 2.75) is 51.6 Å². The molecule has 1 heterocycles. The maximum Gasteiger partial charge on any atom is 0.221 e. The Labute approximate surface area is 203 Å². The van der Waals surface area contributed by atoms with Gasteiger partial charge in [-0.2, -0.15) is 0 Å². The number of hydrogen-bond donors (Lipinski definition) is 3. The summed E-state index contributed by atoms with van der Waals surface area (Å²) in [4.78, 5) is 18.6. The van der Waals surface area contributed by atoms with Gasteiger partial charge in [0.05, 0.1) is 0 Å². The lowest BCUT2D eigenvalue weighted by Gasteiger charge is -2.40. The number of nitrogens with zero attached hydrogens (tertiary/aromatic N) is 2. The highest BCUT2D eigenvalue weighted by atomic mass is 127. The fraction of sp³-hybridized carbons (Fsp3) is 0.636. The highest BCUT2D eigenvalue weighted by Crippen LogP contribution is 2.35. The van der Waals surface area contributed by atoms with Gasteiger partial charge in [-0.15, -0.1) is 24.0 Å². The Morgan fingerprint density at radius 2 is 2.13 bits per heavy atom. The Morgan fingerprint density at radius 1 is 1.37 bits per heavy atom. The quantitative estimate of drug-likeness (QED) is 0.262. The standard InChI is InChI=1S/C22H36ClN5O.HI/c1-5-16(2)27-20(29)11-12-25-22(24-3)26-15-18-9-7-13-28(4)21(18)17-8-6-10-19(23)14-17;/h6,8,10,14,16,18,21H,5,7,9,11-13,15H2,1-4H3,(H,27,29)(H2,24,25,26);1H. The molecule has 1 aromatic carbocycles. The number of carbonyl (C=O) groups excluding carboxylic acids is 1. The normalized spacial score (nSPS) is 20.8. The molecule has 1 aliphatic heterocycles. The van der Waals surface area contributed by atoms with Crippen molar-refractivity contribution in [2.75, 3.05) is 33.7 Å².